The number of nitrogens with zero attached hydrogens (tertiary/aromatic N) is 3. The molecule has 0 aromatic carbocycles. The van der Waals surface area contributed by atoms with Crippen molar-refractivity contribution in [2.75, 3.05) is 31.6 Å². The number of anilines is 1. The Labute approximate surface area is 128 Å². The minimum Gasteiger partial charge on any atom is -0.379 e. The third-order valence-electron chi connectivity index (χ3n) is 4.07. The summed E-state index contributed by atoms with van der Waals surface area (Å²) < 4.78 is 5.55. The fourth-order valence-electron chi connectivity index (χ4n) is 2.64. The largest absolute Gasteiger partial charge is 0.379 e. The lowest BCUT2D eigenvalue weighted by Crippen LogP contribution is -2.44. The molecular weight excluding hydrogens is 264 g/mol. The molecule has 0 aliphatic carbocycles. The minimum absolute atomic E-state index is 0.285. The monoisotopic (exact) mass is 292 g/mol. The highest BCUT2D eigenvalue weighted by Gasteiger charge is 2.26. The van der Waals surface area contributed by atoms with E-state index in [0.717, 1.165) is 44.1 Å². The van der Waals surface area contributed by atoms with E-state index < -0.39 is 0 Å². The quantitative estimate of drug-likeness (QED) is 0.870. The molecule has 0 amide bonds. The lowest BCUT2D eigenvalue weighted by atomic mass is 9.96. The fraction of sp³-hybridized carbons (Fsp3) is 0.750. The van der Waals surface area contributed by atoms with Gasteiger partial charge in [0, 0.05) is 26.7 Å². The van der Waals surface area contributed by atoms with Crippen LogP contribution in [0.15, 0.2) is 12.4 Å². The summed E-state index contributed by atoms with van der Waals surface area (Å²) in [5.74, 6) is 2.22. The Hall–Kier alpha value is -1.20. The van der Waals surface area contributed by atoms with Gasteiger partial charge in [-0.05, 0) is 24.8 Å². The van der Waals surface area contributed by atoms with Gasteiger partial charge in [0.05, 0.1) is 24.2 Å². The average Bonchev–Trinajstić information content (AvgIpc) is 2.48. The molecule has 2 heterocycles. The number of piperidine rings is 1. The topological polar surface area (TPSA) is 50.3 Å². The maximum Gasteiger partial charge on any atom is 0.147 e. The van der Waals surface area contributed by atoms with Crippen LogP contribution in [0, 0.1) is 11.8 Å². The van der Waals surface area contributed by atoms with Gasteiger partial charge in [0.2, 0.25) is 0 Å². The molecule has 2 rings (SSSR count). The van der Waals surface area contributed by atoms with E-state index in [1.165, 1.54) is 0 Å². The lowest BCUT2D eigenvalue weighted by molar-refractivity contribution is 0.0496. The zero-order chi connectivity index (χ0) is 15.2. The van der Waals surface area contributed by atoms with Crippen molar-refractivity contribution in [2.45, 2.75) is 39.8 Å². The predicted octanol–water partition coefficient (Wildman–Crippen LogP) is 2.08. The molecule has 1 N–H and O–H groups in total. The van der Waals surface area contributed by atoms with Crippen LogP contribution >= 0.6 is 0 Å². The van der Waals surface area contributed by atoms with E-state index in [4.69, 9.17) is 4.74 Å². The van der Waals surface area contributed by atoms with E-state index in [9.17, 15) is 0 Å². The summed E-state index contributed by atoms with van der Waals surface area (Å²) in [6.07, 6.45) is 5.18. The molecule has 1 aliphatic rings. The van der Waals surface area contributed by atoms with Gasteiger partial charge in [0.1, 0.15) is 5.82 Å². The van der Waals surface area contributed by atoms with Crippen LogP contribution in [0.3, 0.4) is 0 Å². The highest BCUT2D eigenvalue weighted by molar-refractivity contribution is 5.36. The molecule has 0 saturated carbocycles. The highest BCUT2D eigenvalue weighted by Crippen LogP contribution is 2.22. The Bertz CT molecular complexity index is 421. The second-order valence-electron chi connectivity index (χ2n) is 6.38. The van der Waals surface area contributed by atoms with Gasteiger partial charge in [-0.25, -0.2) is 4.98 Å². The third-order valence-corrected chi connectivity index (χ3v) is 4.07. The molecule has 2 unspecified atom stereocenters. The van der Waals surface area contributed by atoms with Crippen LogP contribution < -0.4 is 10.2 Å². The van der Waals surface area contributed by atoms with E-state index in [-0.39, 0.29) is 6.10 Å². The fourth-order valence-corrected chi connectivity index (χ4v) is 2.64. The standard InChI is InChI=1S/C16H28N4O/c1-12(2)7-17-8-14-9-19-16(10-18-14)20-6-5-13(3)15(11-20)21-4/h9-10,12-13,15,17H,5-8,11H2,1-4H3. The van der Waals surface area contributed by atoms with Crippen LogP contribution in [-0.2, 0) is 11.3 Å². The molecule has 1 fully saturated rings. The lowest BCUT2D eigenvalue weighted by Gasteiger charge is -2.36. The first-order valence-corrected chi connectivity index (χ1v) is 7.89. The molecular formula is C16H28N4O. The molecule has 0 radical (unpaired) electrons. The predicted molar refractivity (Wildman–Crippen MR) is 85.4 cm³/mol. The summed E-state index contributed by atoms with van der Waals surface area (Å²) in [6, 6.07) is 0. The molecule has 118 valence electrons. The maximum atomic E-state index is 5.55. The first kappa shape index (κ1) is 16.2. The van der Waals surface area contributed by atoms with Gasteiger partial charge >= 0.3 is 0 Å². The van der Waals surface area contributed by atoms with Crippen LogP contribution in [0.2, 0.25) is 0 Å². The Kier molecular flexibility index (Phi) is 5.94. The van der Waals surface area contributed by atoms with Crippen molar-refractivity contribution in [1.29, 1.82) is 0 Å². The Morgan fingerprint density at radius 1 is 1.38 bits per heavy atom. The number of ether oxygens (including phenoxy) is 1. The van der Waals surface area contributed by atoms with Gasteiger partial charge in [0.25, 0.3) is 0 Å². The van der Waals surface area contributed by atoms with Crippen molar-refractivity contribution in [3.63, 3.8) is 0 Å². The second kappa shape index (κ2) is 7.71. The summed E-state index contributed by atoms with van der Waals surface area (Å²) in [5.41, 5.74) is 0.994. The summed E-state index contributed by atoms with van der Waals surface area (Å²) in [4.78, 5) is 11.3. The number of hydrogen-bond acceptors (Lipinski definition) is 5. The van der Waals surface area contributed by atoms with Gasteiger partial charge in [-0.1, -0.05) is 20.8 Å². The maximum absolute atomic E-state index is 5.55. The van der Waals surface area contributed by atoms with Crippen LogP contribution in [0.1, 0.15) is 32.9 Å². The molecule has 1 saturated heterocycles. The number of aromatic nitrogens is 2. The SMILES string of the molecule is COC1CN(c2cnc(CNCC(C)C)cn2)CCC1C. The van der Waals surface area contributed by atoms with Crippen LogP contribution in [0.25, 0.3) is 0 Å². The highest BCUT2D eigenvalue weighted by atomic mass is 16.5. The molecule has 1 aliphatic heterocycles. The summed E-state index contributed by atoms with van der Waals surface area (Å²) in [6.45, 7) is 10.4. The second-order valence-corrected chi connectivity index (χ2v) is 6.38. The van der Waals surface area contributed by atoms with Crippen molar-refractivity contribution < 1.29 is 4.74 Å². The number of nitrogens with one attached hydrogen (secondary N) is 1. The molecule has 0 bridgehead atoms. The van der Waals surface area contributed by atoms with Gasteiger partial charge in [-0.15, -0.1) is 0 Å². The minimum atomic E-state index is 0.285. The van der Waals surface area contributed by atoms with Crippen LogP contribution in [0.5, 0.6) is 0 Å². The van der Waals surface area contributed by atoms with E-state index in [1.54, 1.807) is 7.11 Å². The Morgan fingerprint density at radius 3 is 2.81 bits per heavy atom. The molecule has 5 nitrogen and oxygen atoms in total. The first-order valence-electron chi connectivity index (χ1n) is 7.89. The van der Waals surface area contributed by atoms with Crippen molar-refractivity contribution in [2.24, 2.45) is 11.8 Å². The van der Waals surface area contributed by atoms with E-state index in [2.05, 4.69) is 41.0 Å². The molecule has 2 atom stereocenters. The van der Waals surface area contributed by atoms with Crippen molar-refractivity contribution in [3.05, 3.63) is 18.1 Å². The molecule has 5 heteroatoms. The normalized spacial score (nSPS) is 22.8. The molecule has 1 aromatic rings. The van der Waals surface area contributed by atoms with Crippen LogP contribution in [0.4, 0.5) is 5.82 Å². The molecule has 21 heavy (non-hydrogen) atoms. The summed E-state index contributed by atoms with van der Waals surface area (Å²) >= 11 is 0. The number of rotatable bonds is 6. The zero-order valence-electron chi connectivity index (χ0n) is 13.7. The van der Waals surface area contributed by atoms with Gasteiger partial charge in [-0.3, -0.25) is 4.98 Å². The van der Waals surface area contributed by atoms with Gasteiger partial charge in [0.15, 0.2) is 0 Å². The third kappa shape index (κ3) is 4.64. The number of methoxy groups -OCH3 is 1. The zero-order valence-corrected chi connectivity index (χ0v) is 13.7. The average molecular weight is 292 g/mol. The molecule has 0 spiro atoms. The molecule has 1 aromatic heterocycles. The van der Waals surface area contributed by atoms with Crippen molar-refractivity contribution >= 4 is 5.82 Å². The summed E-state index contributed by atoms with van der Waals surface area (Å²) in [7, 11) is 1.79. The number of hydrogen-bond donors (Lipinski definition) is 1. The summed E-state index contributed by atoms with van der Waals surface area (Å²) in [5, 5.41) is 3.39. The van der Waals surface area contributed by atoms with Gasteiger partial charge < -0.3 is 15.0 Å². The smallest absolute Gasteiger partial charge is 0.147 e. The Morgan fingerprint density at radius 2 is 2.19 bits per heavy atom. The van der Waals surface area contributed by atoms with E-state index in [1.807, 2.05) is 12.4 Å². The van der Waals surface area contributed by atoms with Crippen LogP contribution in [-0.4, -0.2) is 42.8 Å². The van der Waals surface area contributed by atoms with E-state index in [0.29, 0.717) is 11.8 Å². The van der Waals surface area contributed by atoms with Gasteiger partial charge in [-0.2, -0.15) is 0 Å². The van der Waals surface area contributed by atoms with Crippen molar-refractivity contribution in [1.82, 2.24) is 15.3 Å². The van der Waals surface area contributed by atoms with E-state index >= 15 is 0 Å². The van der Waals surface area contributed by atoms with Crippen molar-refractivity contribution in [3.8, 4) is 0 Å². The Balaban J connectivity index is 1.89. The first-order chi connectivity index (χ1) is 10.1.